The van der Waals surface area contributed by atoms with Crippen LogP contribution in [0.15, 0.2) is 218 Å². The Bertz CT molecular complexity index is 6040. The highest BCUT2D eigenvalue weighted by molar-refractivity contribution is 7.06. The van der Waals surface area contributed by atoms with Crippen molar-refractivity contribution in [3.63, 3.8) is 0 Å². The Morgan fingerprint density at radius 3 is 0.928 bits per heavy atom. The third-order valence-electron chi connectivity index (χ3n) is 26.9. The van der Waals surface area contributed by atoms with Crippen LogP contribution in [0.1, 0.15) is 5.56 Å². The van der Waals surface area contributed by atoms with Gasteiger partial charge in [0.25, 0.3) is 26.9 Å². The van der Waals surface area contributed by atoms with Gasteiger partial charge in [-0.3, -0.25) is 0 Å². The number of benzene rings is 12. The highest BCUT2D eigenvalue weighted by Gasteiger charge is 2.55. The molecule has 0 aromatic heterocycles. The zero-order chi connectivity index (χ0) is 77.3. The quantitative estimate of drug-likeness (QED) is 0.126. The highest BCUT2D eigenvalue weighted by atomic mass is 28.3. The number of rotatable bonds is 10. The van der Waals surface area contributed by atoms with E-state index in [0.29, 0.717) is 0 Å². The maximum atomic E-state index is 2.80. The predicted molar refractivity (Wildman–Crippen MR) is 509 cm³/mol. The minimum absolute atomic E-state index is 0.0147. The topological polar surface area (TPSA) is 22.7 Å². The molecule has 8 aliphatic heterocycles. The normalized spacial score (nSPS) is 15.3. The highest BCUT2D eigenvalue weighted by Crippen LogP contribution is 2.52. The van der Waals surface area contributed by atoms with Gasteiger partial charge in [-0.05, 0) is 157 Å². The van der Waals surface area contributed by atoms with E-state index in [9.17, 15) is 0 Å². The predicted octanol–water partition coefficient (Wildman–Crippen LogP) is 12.2. The largest absolute Gasteiger partial charge is 0.344 e. The number of anilines is 17. The van der Waals surface area contributed by atoms with E-state index < -0.39 is 48.4 Å². The van der Waals surface area contributed by atoms with Gasteiger partial charge in [0.05, 0.1) is 71.2 Å². The van der Waals surface area contributed by atoms with Gasteiger partial charge in [0.1, 0.15) is 0 Å². The number of nitrogens with zero attached hydrogens (tertiary/aromatic N) is 7. The molecule has 0 radical (unpaired) electrons. The van der Waals surface area contributed by atoms with Crippen molar-refractivity contribution in [2.24, 2.45) is 0 Å². The van der Waals surface area contributed by atoms with Crippen LogP contribution in [0.3, 0.4) is 0 Å². The lowest BCUT2D eigenvalue weighted by atomic mass is 9.29. The Balaban J connectivity index is 0.771. The van der Waals surface area contributed by atoms with Gasteiger partial charge < -0.3 is 34.3 Å². The van der Waals surface area contributed by atoms with E-state index >= 15 is 0 Å². The molecule has 7 nitrogen and oxygen atoms in total. The molecule has 0 amide bonds. The van der Waals surface area contributed by atoms with E-state index in [0.717, 1.165) is 6.04 Å². The molecule has 0 bridgehead atoms. The SMILES string of the molecule is CN1c2cc([Si](C)(C)C)ccc2B2c3ccc([Si](C)(C)C)cc3N(C)c3c2c1c1c2c3N(C)c3cc([Si](C)(C)Cc4ccc5c(c4)B4c6cccc7c6N(c6cc([Si](C)(C)C)cc8c6B7c6ccccc6N8c6ccccc6)c6cc([Si](C)(C)C)cc(c64)N5c4ccccc4)ccc3B2c2ccc([Si](C)(C)C)cc2N1C. The molecule has 20 rings (SSSR count). The summed E-state index contributed by atoms with van der Waals surface area (Å²) in [5, 5.41) is 8.94. The van der Waals surface area contributed by atoms with Crippen LogP contribution in [-0.2, 0) is 6.04 Å². The van der Waals surface area contributed by atoms with Crippen molar-refractivity contribution in [3.05, 3.63) is 224 Å². The maximum Gasteiger partial charge on any atom is 0.252 e. The van der Waals surface area contributed by atoms with Crippen LogP contribution in [0, 0.1) is 0 Å². The lowest BCUT2D eigenvalue weighted by Gasteiger charge is -2.51. The van der Waals surface area contributed by atoms with E-state index in [2.05, 4.69) is 392 Å². The van der Waals surface area contributed by atoms with E-state index in [1.54, 1.807) is 0 Å². The average Bonchev–Trinajstić information content (AvgIpc) is 0.675. The minimum atomic E-state index is -2.38. The van der Waals surface area contributed by atoms with Gasteiger partial charge >= 0.3 is 0 Å². The number of para-hydroxylation sites is 4. The first-order chi connectivity index (χ1) is 52.7. The van der Waals surface area contributed by atoms with Crippen molar-refractivity contribution in [2.75, 3.05) is 62.5 Å². The van der Waals surface area contributed by atoms with Crippen LogP contribution in [0.5, 0.6) is 0 Å². The van der Waals surface area contributed by atoms with Crippen LogP contribution < -0.4 is 131 Å². The summed E-state index contributed by atoms with van der Waals surface area (Å²) in [6.07, 6.45) is 0. The Morgan fingerprint density at radius 2 is 0.532 bits per heavy atom. The summed E-state index contributed by atoms with van der Waals surface area (Å²) >= 11 is 0. The van der Waals surface area contributed by atoms with Crippen molar-refractivity contribution in [2.45, 2.75) is 117 Å². The van der Waals surface area contributed by atoms with Gasteiger partial charge in [-0.2, -0.15) is 0 Å². The Morgan fingerprint density at radius 1 is 0.225 bits per heavy atom. The fraction of sp³-hybridized carbons (Fsp3) is 0.234. The van der Waals surface area contributed by atoms with Crippen molar-refractivity contribution in [1.29, 1.82) is 0 Å². The van der Waals surface area contributed by atoms with Crippen LogP contribution in [0.25, 0.3) is 0 Å². The standard InChI is InChI=1S/C94H101B4N7Si6/c1-99-78-50-62(106(5,6)7)40-44-69(78)95-70-45-41-63(107(8,9)10)51-79(70)101(3)93-88(95)91(99)92-89-94(93)102(4)81-53-65(43-47-72(81)96(89)71-46-42-64(108(11,12)13)52-80(71)100(92)2)111(20,21)58-59-39-48-77-75(49-59)98-74-37-30-36-73-90(74)105(85-57-67(110(17,18)19)55-83(87(85)98)104(77)61-33-26-23-27-34-61)84-56-66(109(14,15)16)54-82-86(84)97(73)68-35-28-29-38-76(68)103(82)60-31-24-22-25-32-60/h22-57H,58H2,1-21H3. The Kier molecular flexibility index (Phi) is 15.3. The zero-order valence-corrected chi connectivity index (χ0v) is 74.9. The van der Waals surface area contributed by atoms with Gasteiger partial charge in [-0.25, -0.2) is 0 Å². The molecule has 12 aromatic carbocycles. The second-order valence-corrected chi connectivity index (χ2v) is 69.5. The van der Waals surface area contributed by atoms with E-state index in [-0.39, 0.29) is 26.9 Å². The number of fused-ring (bicyclic) bond motifs is 18. The molecule has 0 unspecified atom stereocenters. The molecule has 0 atom stereocenters. The summed E-state index contributed by atoms with van der Waals surface area (Å²) in [5.74, 6) is 0. The fourth-order valence-corrected chi connectivity index (χ4v) is 29.2. The molecule has 0 aliphatic carbocycles. The maximum absolute atomic E-state index is 2.80. The summed E-state index contributed by atoms with van der Waals surface area (Å²) in [6.45, 7) is 43.2. The van der Waals surface area contributed by atoms with Gasteiger partial charge in [0.2, 0.25) is 0 Å². The monoisotopic (exact) mass is 1540 g/mol. The molecule has 0 fully saturated rings. The van der Waals surface area contributed by atoms with Crippen molar-refractivity contribution >= 4 is 269 Å². The zero-order valence-electron chi connectivity index (χ0n) is 68.9. The molecule has 8 aliphatic rings. The van der Waals surface area contributed by atoms with Crippen molar-refractivity contribution < 1.29 is 0 Å². The molecule has 0 saturated heterocycles. The van der Waals surface area contributed by atoms with Gasteiger partial charge in [0.15, 0.2) is 0 Å². The van der Waals surface area contributed by atoms with Gasteiger partial charge in [-0.15, -0.1) is 0 Å². The Labute approximate surface area is 667 Å². The number of hydrogen-bond acceptors (Lipinski definition) is 7. The lowest BCUT2D eigenvalue weighted by molar-refractivity contribution is 1.12. The van der Waals surface area contributed by atoms with Crippen molar-refractivity contribution in [3.8, 4) is 0 Å². The van der Waals surface area contributed by atoms with Crippen LogP contribution in [0.4, 0.5) is 96.7 Å². The molecule has 0 N–H and O–H groups in total. The molecule has 12 aromatic rings. The second kappa shape index (κ2) is 23.9. The summed E-state index contributed by atoms with van der Waals surface area (Å²) in [7, 11) is -1.88. The summed E-state index contributed by atoms with van der Waals surface area (Å²) < 4.78 is 0. The molecule has 0 spiro atoms. The van der Waals surface area contributed by atoms with Gasteiger partial charge in [-0.1, -0.05) is 281 Å². The average molecular weight is 1540 g/mol. The number of hydrogen-bond donors (Lipinski definition) is 0. The fourth-order valence-electron chi connectivity index (χ4n) is 21.0. The summed E-state index contributed by atoms with van der Waals surface area (Å²) in [6, 6.07) is 89.4. The first-order valence-corrected chi connectivity index (χ1v) is 61.4. The van der Waals surface area contributed by atoms with Crippen molar-refractivity contribution in [1.82, 2.24) is 0 Å². The Hall–Kier alpha value is -9.20. The summed E-state index contributed by atoms with van der Waals surface area (Å²) in [4.78, 5) is 18.7. The lowest BCUT2D eigenvalue weighted by Crippen LogP contribution is -2.68. The van der Waals surface area contributed by atoms with E-state index in [1.807, 2.05) is 0 Å². The molecule has 111 heavy (non-hydrogen) atoms. The molecular formula is C94H101B4N7Si6. The third kappa shape index (κ3) is 10.3. The van der Waals surface area contributed by atoms with E-state index in [4.69, 9.17) is 0 Å². The molecule has 8 heterocycles. The molecule has 17 heteroatoms. The summed E-state index contributed by atoms with van der Waals surface area (Å²) in [5.41, 5.74) is 40.6. The van der Waals surface area contributed by atoms with Gasteiger partial charge in [0, 0.05) is 102 Å². The smallest absolute Gasteiger partial charge is 0.252 e. The first-order valence-electron chi connectivity index (χ1n) is 40.7. The van der Waals surface area contributed by atoms with Crippen LogP contribution >= 0.6 is 0 Å². The minimum Gasteiger partial charge on any atom is -0.344 e. The third-order valence-corrected chi connectivity index (χ3v) is 40.2. The van der Waals surface area contributed by atoms with Crippen LogP contribution in [-0.4, -0.2) is 103 Å². The first kappa shape index (κ1) is 70.9. The molecule has 0 saturated carbocycles. The molecule has 548 valence electrons. The van der Waals surface area contributed by atoms with E-state index in [1.165, 1.54) is 199 Å². The van der Waals surface area contributed by atoms with Crippen LogP contribution in [0.2, 0.25) is 111 Å². The second-order valence-electron chi connectivity index (χ2n) is 39.4. The molecular weight excluding hydrogens is 1440 g/mol.